The van der Waals surface area contributed by atoms with E-state index in [0.717, 1.165) is 18.8 Å². The summed E-state index contributed by atoms with van der Waals surface area (Å²) >= 11 is 0. The number of aromatic nitrogens is 2. The summed E-state index contributed by atoms with van der Waals surface area (Å²) in [4.78, 5) is 0. The highest BCUT2D eigenvalue weighted by Crippen LogP contribution is 2.28. The van der Waals surface area contributed by atoms with E-state index >= 15 is 0 Å². The molecule has 0 bridgehead atoms. The number of nitrogens with one attached hydrogen (secondary N) is 1. The van der Waals surface area contributed by atoms with Crippen LogP contribution in [0.3, 0.4) is 0 Å². The standard InChI is InChI=1S/C13H15N3O.C2H6/c1-9-13-12(7-14-13)15-16(9)8-10-3-5-11(17-2)6-4-10;1-2/h3-6,14H,7-8H2,1-2H3;1-2H3. The number of benzene rings is 1. The Labute approximate surface area is 114 Å². The van der Waals surface area contributed by atoms with E-state index in [1.807, 2.05) is 30.7 Å². The van der Waals surface area contributed by atoms with Crippen molar-refractivity contribution in [1.82, 2.24) is 9.78 Å². The number of ether oxygens (including phenoxy) is 1. The Morgan fingerprint density at radius 2 is 1.95 bits per heavy atom. The number of fused-ring (bicyclic) bond motifs is 1. The lowest BCUT2D eigenvalue weighted by atomic mass is 10.2. The van der Waals surface area contributed by atoms with Gasteiger partial charge in [0.15, 0.2) is 0 Å². The highest BCUT2D eigenvalue weighted by Gasteiger charge is 2.21. The highest BCUT2D eigenvalue weighted by molar-refractivity contribution is 5.60. The van der Waals surface area contributed by atoms with E-state index in [9.17, 15) is 0 Å². The second kappa shape index (κ2) is 5.78. The first-order valence-corrected chi connectivity index (χ1v) is 6.71. The molecule has 0 amide bonds. The zero-order valence-electron chi connectivity index (χ0n) is 12.0. The fourth-order valence-electron chi connectivity index (χ4n) is 2.09. The molecule has 0 spiro atoms. The van der Waals surface area contributed by atoms with Crippen LogP contribution in [0.5, 0.6) is 5.75 Å². The Kier molecular flexibility index (Phi) is 4.10. The van der Waals surface area contributed by atoms with Crippen molar-refractivity contribution in [2.45, 2.75) is 33.9 Å². The van der Waals surface area contributed by atoms with Gasteiger partial charge in [0.2, 0.25) is 0 Å². The lowest BCUT2D eigenvalue weighted by molar-refractivity contribution is 0.414. The van der Waals surface area contributed by atoms with Crippen LogP contribution >= 0.6 is 0 Å². The molecular weight excluding hydrogens is 238 g/mol. The summed E-state index contributed by atoms with van der Waals surface area (Å²) in [5.74, 6) is 0.887. The van der Waals surface area contributed by atoms with E-state index in [-0.39, 0.29) is 0 Å². The zero-order chi connectivity index (χ0) is 13.8. The largest absolute Gasteiger partial charge is 0.497 e. The fourth-order valence-corrected chi connectivity index (χ4v) is 2.09. The number of anilines is 1. The molecular formula is C15H21N3O. The second-order valence-electron chi connectivity index (χ2n) is 4.27. The van der Waals surface area contributed by atoms with Gasteiger partial charge in [0.05, 0.1) is 31.6 Å². The van der Waals surface area contributed by atoms with Crippen LogP contribution in [-0.2, 0) is 13.1 Å². The first-order valence-electron chi connectivity index (χ1n) is 6.71. The van der Waals surface area contributed by atoms with Gasteiger partial charge in [0, 0.05) is 0 Å². The Balaban J connectivity index is 0.000000637. The summed E-state index contributed by atoms with van der Waals surface area (Å²) in [5.41, 5.74) is 4.83. The zero-order valence-corrected chi connectivity index (χ0v) is 12.0. The van der Waals surface area contributed by atoms with E-state index in [1.54, 1.807) is 7.11 Å². The molecule has 1 aliphatic rings. The Morgan fingerprint density at radius 1 is 1.26 bits per heavy atom. The predicted octanol–water partition coefficient (Wildman–Crippen LogP) is 3.20. The van der Waals surface area contributed by atoms with Crippen LogP contribution in [0.4, 0.5) is 5.69 Å². The van der Waals surface area contributed by atoms with E-state index in [2.05, 4.69) is 29.5 Å². The molecule has 1 aromatic carbocycles. The minimum absolute atomic E-state index is 0.810. The molecule has 1 aromatic heterocycles. The fraction of sp³-hybridized carbons (Fsp3) is 0.400. The van der Waals surface area contributed by atoms with Crippen LogP contribution in [0, 0.1) is 6.92 Å². The van der Waals surface area contributed by atoms with Crippen LogP contribution < -0.4 is 10.1 Å². The average molecular weight is 259 g/mol. The summed E-state index contributed by atoms with van der Waals surface area (Å²) in [6, 6.07) is 8.11. The monoisotopic (exact) mass is 259 g/mol. The van der Waals surface area contributed by atoms with Crippen LogP contribution in [0.15, 0.2) is 24.3 Å². The highest BCUT2D eigenvalue weighted by atomic mass is 16.5. The summed E-state index contributed by atoms with van der Waals surface area (Å²) in [6.07, 6.45) is 0. The van der Waals surface area contributed by atoms with Gasteiger partial charge in [0.25, 0.3) is 0 Å². The van der Waals surface area contributed by atoms with Gasteiger partial charge in [-0.05, 0) is 24.6 Å². The molecule has 2 heterocycles. The topological polar surface area (TPSA) is 39.1 Å². The van der Waals surface area contributed by atoms with E-state index in [1.165, 1.54) is 22.6 Å². The molecule has 0 saturated carbocycles. The smallest absolute Gasteiger partial charge is 0.118 e. The minimum Gasteiger partial charge on any atom is -0.497 e. The van der Waals surface area contributed by atoms with Crippen molar-refractivity contribution < 1.29 is 4.74 Å². The molecule has 0 saturated heterocycles. The van der Waals surface area contributed by atoms with Gasteiger partial charge >= 0.3 is 0 Å². The third-order valence-corrected chi connectivity index (χ3v) is 3.20. The third kappa shape index (κ3) is 2.57. The molecule has 0 aliphatic carbocycles. The van der Waals surface area contributed by atoms with Crippen molar-refractivity contribution in [1.29, 1.82) is 0 Å². The molecule has 0 atom stereocenters. The summed E-state index contributed by atoms with van der Waals surface area (Å²) in [7, 11) is 1.68. The first-order chi connectivity index (χ1) is 9.28. The maximum absolute atomic E-state index is 5.14. The van der Waals surface area contributed by atoms with E-state index in [0.29, 0.717) is 0 Å². The van der Waals surface area contributed by atoms with Crippen LogP contribution in [0.2, 0.25) is 0 Å². The molecule has 1 aliphatic heterocycles. The van der Waals surface area contributed by atoms with Crippen LogP contribution in [-0.4, -0.2) is 16.9 Å². The molecule has 0 radical (unpaired) electrons. The Bertz CT molecular complexity index is 543. The van der Waals surface area contributed by atoms with Gasteiger partial charge in [-0.3, -0.25) is 4.68 Å². The van der Waals surface area contributed by atoms with Crippen LogP contribution in [0.25, 0.3) is 0 Å². The molecule has 0 fully saturated rings. The maximum Gasteiger partial charge on any atom is 0.118 e. The van der Waals surface area contributed by atoms with Gasteiger partial charge in [0.1, 0.15) is 11.4 Å². The third-order valence-electron chi connectivity index (χ3n) is 3.20. The molecule has 102 valence electrons. The average Bonchev–Trinajstić information content (AvgIpc) is 2.64. The van der Waals surface area contributed by atoms with Crippen LogP contribution in [0.1, 0.15) is 30.8 Å². The Morgan fingerprint density at radius 3 is 2.37 bits per heavy atom. The number of rotatable bonds is 3. The number of hydrogen-bond donors (Lipinski definition) is 1. The molecule has 3 rings (SSSR count). The lowest BCUT2D eigenvalue weighted by Gasteiger charge is -2.14. The maximum atomic E-state index is 5.14. The molecule has 4 heteroatoms. The van der Waals surface area contributed by atoms with Crippen molar-refractivity contribution in [3.63, 3.8) is 0 Å². The number of methoxy groups -OCH3 is 1. The molecule has 4 nitrogen and oxygen atoms in total. The lowest BCUT2D eigenvalue weighted by Crippen LogP contribution is -2.12. The summed E-state index contributed by atoms with van der Waals surface area (Å²) in [5, 5.41) is 7.84. The Hall–Kier alpha value is -1.97. The van der Waals surface area contributed by atoms with Crippen molar-refractivity contribution in [2.75, 3.05) is 12.4 Å². The van der Waals surface area contributed by atoms with Crippen molar-refractivity contribution in [3.05, 3.63) is 41.2 Å². The van der Waals surface area contributed by atoms with Gasteiger partial charge in [-0.15, -0.1) is 0 Å². The van der Waals surface area contributed by atoms with E-state index in [4.69, 9.17) is 4.74 Å². The predicted molar refractivity (Wildman–Crippen MR) is 77.7 cm³/mol. The molecule has 19 heavy (non-hydrogen) atoms. The van der Waals surface area contributed by atoms with Crippen molar-refractivity contribution >= 4 is 5.69 Å². The van der Waals surface area contributed by atoms with Gasteiger partial charge in [-0.2, -0.15) is 5.10 Å². The van der Waals surface area contributed by atoms with Crippen molar-refractivity contribution in [2.24, 2.45) is 0 Å². The first kappa shape index (κ1) is 13.5. The normalized spacial score (nSPS) is 11.6. The summed E-state index contributed by atoms with van der Waals surface area (Å²) in [6.45, 7) is 7.80. The van der Waals surface area contributed by atoms with Gasteiger partial charge in [-0.25, -0.2) is 0 Å². The molecule has 2 aromatic rings. The van der Waals surface area contributed by atoms with Gasteiger partial charge < -0.3 is 10.1 Å². The minimum atomic E-state index is 0.810. The molecule has 1 N–H and O–H groups in total. The second-order valence-corrected chi connectivity index (χ2v) is 4.27. The molecule has 0 unspecified atom stereocenters. The van der Waals surface area contributed by atoms with E-state index < -0.39 is 0 Å². The van der Waals surface area contributed by atoms with Gasteiger partial charge in [-0.1, -0.05) is 26.0 Å². The quantitative estimate of drug-likeness (QED) is 0.920. The number of hydrogen-bond acceptors (Lipinski definition) is 3. The van der Waals surface area contributed by atoms with Crippen molar-refractivity contribution in [3.8, 4) is 5.75 Å². The summed E-state index contributed by atoms with van der Waals surface area (Å²) < 4.78 is 7.19. The SMILES string of the molecule is CC.COc1ccc(Cn2nc3c(c2C)NC3)cc1. The number of nitrogens with zero attached hydrogens (tertiary/aromatic N) is 2.